The molecule has 0 spiro atoms. The second kappa shape index (κ2) is 6.10. The first kappa shape index (κ1) is 14.1. The van der Waals surface area contributed by atoms with Gasteiger partial charge >= 0.3 is 5.69 Å². The van der Waals surface area contributed by atoms with Crippen LogP contribution in [0.1, 0.15) is 13.8 Å². The van der Waals surface area contributed by atoms with Crippen molar-refractivity contribution in [1.29, 1.82) is 0 Å². The monoisotopic (exact) mass is 256 g/mol. The van der Waals surface area contributed by atoms with Gasteiger partial charge in [-0.2, -0.15) is 4.98 Å². The van der Waals surface area contributed by atoms with E-state index in [2.05, 4.69) is 15.3 Å². The Bertz CT molecular complexity index is 424. The van der Waals surface area contributed by atoms with Crippen LogP contribution in [0, 0.1) is 16.0 Å². The lowest BCUT2D eigenvalue weighted by molar-refractivity contribution is -0.385. The Morgan fingerprint density at radius 2 is 2.22 bits per heavy atom. The van der Waals surface area contributed by atoms with Crippen LogP contribution in [0.2, 0.25) is 0 Å². The van der Waals surface area contributed by atoms with E-state index >= 15 is 0 Å². The largest absolute Gasteiger partial charge is 0.476 e. The van der Waals surface area contributed by atoms with Crippen molar-refractivity contribution in [2.75, 3.05) is 19.0 Å². The summed E-state index contributed by atoms with van der Waals surface area (Å²) >= 11 is 0. The van der Waals surface area contributed by atoms with Gasteiger partial charge in [0.1, 0.15) is 6.33 Å². The van der Waals surface area contributed by atoms with E-state index in [9.17, 15) is 15.2 Å². The van der Waals surface area contributed by atoms with E-state index in [1.54, 1.807) is 0 Å². The molecule has 1 rings (SSSR count). The first-order valence-corrected chi connectivity index (χ1v) is 5.42. The van der Waals surface area contributed by atoms with Crippen molar-refractivity contribution >= 4 is 11.5 Å². The molecule has 2 N–H and O–H groups in total. The van der Waals surface area contributed by atoms with E-state index in [-0.39, 0.29) is 36.0 Å². The number of hydrogen-bond donors (Lipinski definition) is 2. The summed E-state index contributed by atoms with van der Waals surface area (Å²) in [6.07, 6.45) is 1.17. The van der Waals surface area contributed by atoms with Gasteiger partial charge in [-0.3, -0.25) is 10.1 Å². The SMILES string of the molecule is COc1ncnc(NC(CO)C(C)C)c1[N+](=O)[O-]. The van der Waals surface area contributed by atoms with Crippen LogP contribution < -0.4 is 10.1 Å². The summed E-state index contributed by atoms with van der Waals surface area (Å²) in [6, 6.07) is -0.330. The summed E-state index contributed by atoms with van der Waals surface area (Å²) in [5.74, 6) is 0.0214. The van der Waals surface area contributed by atoms with Crippen molar-refractivity contribution < 1.29 is 14.8 Å². The van der Waals surface area contributed by atoms with Gasteiger partial charge in [-0.1, -0.05) is 13.8 Å². The molecule has 0 saturated heterocycles. The molecule has 1 aromatic rings. The van der Waals surface area contributed by atoms with E-state index in [0.717, 1.165) is 0 Å². The van der Waals surface area contributed by atoms with Crippen LogP contribution in [0.3, 0.4) is 0 Å². The smallest absolute Gasteiger partial charge is 0.372 e. The van der Waals surface area contributed by atoms with Crippen LogP contribution in [0.5, 0.6) is 5.88 Å². The molecule has 0 bridgehead atoms. The minimum Gasteiger partial charge on any atom is -0.476 e. The Morgan fingerprint density at radius 1 is 1.56 bits per heavy atom. The number of methoxy groups -OCH3 is 1. The van der Waals surface area contributed by atoms with Crippen molar-refractivity contribution in [3.8, 4) is 5.88 Å². The average Bonchev–Trinajstić information content (AvgIpc) is 2.34. The van der Waals surface area contributed by atoms with Gasteiger partial charge in [0.15, 0.2) is 0 Å². The first-order valence-electron chi connectivity index (χ1n) is 5.42. The molecule has 8 nitrogen and oxygen atoms in total. The molecular formula is C10H16N4O4. The number of rotatable bonds is 6. The predicted octanol–water partition coefficient (Wildman–Crippen LogP) is 0.822. The van der Waals surface area contributed by atoms with Gasteiger partial charge in [0.2, 0.25) is 5.82 Å². The molecule has 1 aromatic heterocycles. The fraction of sp³-hybridized carbons (Fsp3) is 0.600. The lowest BCUT2D eigenvalue weighted by Gasteiger charge is -2.20. The van der Waals surface area contributed by atoms with Crippen molar-refractivity contribution in [1.82, 2.24) is 9.97 Å². The van der Waals surface area contributed by atoms with Gasteiger partial charge in [-0.15, -0.1) is 0 Å². The molecule has 0 aromatic carbocycles. The molecule has 8 heteroatoms. The van der Waals surface area contributed by atoms with Crippen LogP contribution in [-0.2, 0) is 0 Å². The van der Waals surface area contributed by atoms with Crippen LogP contribution >= 0.6 is 0 Å². The Labute approximate surface area is 104 Å². The van der Waals surface area contributed by atoms with Gasteiger partial charge in [0.05, 0.1) is 24.7 Å². The number of anilines is 1. The Hall–Kier alpha value is -1.96. The third-order valence-corrected chi connectivity index (χ3v) is 2.49. The second-order valence-corrected chi connectivity index (χ2v) is 4.01. The predicted molar refractivity (Wildman–Crippen MR) is 64.6 cm³/mol. The molecule has 0 aliphatic rings. The molecule has 0 aliphatic carbocycles. The number of nitro groups is 1. The van der Waals surface area contributed by atoms with Crippen LogP contribution in [0.25, 0.3) is 0 Å². The normalized spacial score (nSPS) is 12.3. The van der Waals surface area contributed by atoms with E-state index < -0.39 is 4.92 Å². The van der Waals surface area contributed by atoms with Crippen LogP contribution in [0.15, 0.2) is 6.33 Å². The average molecular weight is 256 g/mol. The highest BCUT2D eigenvalue weighted by Crippen LogP contribution is 2.31. The van der Waals surface area contributed by atoms with E-state index in [1.807, 2.05) is 13.8 Å². The van der Waals surface area contributed by atoms with Gasteiger partial charge < -0.3 is 15.2 Å². The van der Waals surface area contributed by atoms with Crippen molar-refractivity contribution in [3.63, 3.8) is 0 Å². The van der Waals surface area contributed by atoms with Gasteiger partial charge in [0, 0.05) is 0 Å². The maximum Gasteiger partial charge on any atom is 0.372 e. The fourth-order valence-corrected chi connectivity index (χ4v) is 1.38. The van der Waals surface area contributed by atoms with Crippen LogP contribution in [-0.4, -0.2) is 39.8 Å². The molecule has 1 heterocycles. The number of aliphatic hydroxyl groups excluding tert-OH is 1. The molecule has 18 heavy (non-hydrogen) atoms. The molecule has 0 aliphatic heterocycles. The minimum absolute atomic E-state index is 0.0413. The summed E-state index contributed by atoms with van der Waals surface area (Å²) in [5.41, 5.74) is -0.334. The van der Waals surface area contributed by atoms with Gasteiger partial charge in [0.25, 0.3) is 5.88 Å². The molecule has 0 radical (unpaired) electrons. The highest BCUT2D eigenvalue weighted by Gasteiger charge is 2.26. The maximum atomic E-state index is 11.0. The van der Waals surface area contributed by atoms with E-state index in [4.69, 9.17) is 4.74 Å². The molecule has 0 fully saturated rings. The quantitative estimate of drug-likeness (QED) is 0.572. The zero-order valence-electron chi connectivity index (χ0n) is 10.5. The number of nitrogens with zero attached hydrogens (tertiary/aromatic N) is 3. The number of ether oxygens (including phenoxy) is 1. The summed E-state index contributed by atoms with van der Waals surface area (Å²) in [7, 11) is 1.30. The maximum absolute atomic E-state index is 11.0. The molecule has 100 valence electrons. The molecular weight excluding hydrogens is 240 g/mol. The molecule has 0 saturated carbocycles. The lowest BCUT2D eigenvalue weighted by atomic mass is 10.1. The van der Waals surface area contributed by atoms with Gasteiger partial charge in [-0.25, -0.2) is 4.98 Å². The minimum atomic E-state index is -0.615. The second-order valence-electron chi connectivity index (χ2n) is 4.01. The van der Waals surface area contributed by atoms with Crippen molar-refractivity contribution in [2.24, 2.45) is 5.92 Å². The first-order chi connectivity index (χ1) is 8.51. The van der Waals surface area contributed by atoms with Gasteiger partial charge in [-0.05, 0) is 5.92 Å². The molecule has 1 atom stereocenters. The third-order valence-electron chi connectivity index (χ3n) is 2.49. The number of aromatic nitrogens is 2. The van der Waals surface area contributed by atoms with Crippen LogP contribution in [0.4, 0.5) is 11.5 Å². The highest BCUT2D eigenvalue weighted by atomic mass is 16.6. The van der Waals surface area contributed by atoms with Crippen molar-refractivity contribution in [3.05, 3.63) is 16.4 Å². The number of hydrogen-bond acceptors (Lipinski definition) is 7. The standard InChI is InChI=1S/C10H16N4O4/c1-6(2)7(4-15)13-9-8(14(16)17)10(18-3)12-5-11-9/h5-7,15H,4H2,1-3H3,(H,11,12,13). The van der Waals surface area contributed by atoms with Crippen molar-refractivity contribution in [2.45, 2.75) is 19.9 Å². The summed E-state index contributed by atoms with van der Waals surface area (Å²) in [4.78, 5) is 17.9. The highest BCUT2D eigenvalue weighted by molar-refractivity contribution is 5.61. The molecule has 0 amide bonds. The Morgan fingerprint density at radius 3 is 2.67 bits per heavy atom. The number of nitrogens with one attached hydrogen (secondary N) is 1. The van der Waals surface area contributed by atoms with E-state index in [0.29, 0.717) is 0 Å². The zero-order valence-corrected chi connectivity index (χ0v) is 10.5. The molecule has 1 unspecified atom stereocenters. The third kappa shape index (κ3) is 3.04. The Kier molecular flexibility index (Phi) is 4.78. The number of aliphatic hydroxyl groups is 1. The topological polar surface area (TPSA) is 110 Å². The lowest BCUT2D eigenvalue weighted by Crippen LogP contribution is -2.30. The summed E-state index contributed by atoms with van der Waals surface area (Å²) < 4.78 is 4.83. The summed E-state index contributed by atoms with van der Waals surface area (Å²) in [5, 5.41) is 23.0. The fourth-order valence-electron chi connectivity index (χ4n) is 1.38. The summed E-state index contributed by atoms with van der Waals surface area (Å²) in [6.45, 7) is 3.62. The zero-order chi connectivity index (χ0) is 13.7. The van der Waals surface area contributed by atoms with E-state index in [1.165, 1.54) is 13.4 Å². The Balaban J connectivity index is 3.12.